The normalized spacial score (nSPS) is 17.0. The van der Waals surface area contributed by atoms with Crippen LogP contribution in [0.5, 0.6) is 5.75 Å². The number of hydrogen-bond acceptors (Lipinski definition) is 4. The zero-order chi connectivity index (χ0) is 20.6. The molecule has 0 aliphatic carbocycles. The van der Waals surface area contributed by atoms with E-state index in [0.29, 0.717) is 12.4 Å². The van der Waals surface area contributed by atoms with Gasteiger partial charge < -0.3 is 15.4 Å². The minimum atomic E-state index is 0.0156. The molecule has 0 bridgehead atoms. The van der Waals surface area contributed by atoms with E-state index < -0.39 is 0 Å². The second-order valence-electron chi connectivity index (χ2n) is 8.54. The van der Waals surface area contributed by atoms with Crippen LogP contribution in [-0.2, 0) is 0 Å². The molecule has 2 aromatic rings. The van der Waals surface area contributed by atoms with Gasteiger partial charge in [0.15, 0.2) is 0 Å². The lowest BCUT2D eigenvalue weighted by Crippen LogP contribution is -2.34. The fraction of sp³-hybridized carbons (Fsp3) is 0.320. The van der Waals surface area contributed by atoms with E-state index >= 15 is 0 Å². The predicted molar refractivity (Wildman–Crippen MR) is 121 cm³/mol. The highest BCUT2D eigenvalue weighted by atomic mass is 16.5. The first kappa shape index (κ1) is 19.3. The van der Waals surface area contributed by atoms with Crippen LogP contribution in [0.1, 0.15) is 46.1 Å². The number of benzene rings is 2. The van der Waals surface area contributed by atoms with Gasteiger partial charge in [0, 0.05) is 23.5 Å². The average Bonchev–Trinajstić information content (AvgIpc) is 2.88. The van der Waals surface area contributed by atoms with E-state index in [4.69, 9.17) is 10.5 Å². The highest BCUT2D eigenvalue weighted by Gasteiger charge is 2.30. The molecule has 4 nitrogen and oxygen atoms in total. The summed E-state index contributed by atoms with van der Waals surface area (Å²) in [6.45, 7) is 9.39. The Labute approximate surface area is 173 Å². The lowest BCUT2D eigenvalue weighted by molar-refractivity contribution is 0.341. The molecule has 2 N–H and O–H groups in total. The minimum absolute atomic E-state index is 0.0156. The molecule has 2 aromatic carbocycles. The number of nitrogens with two attached hydrogens (primary N) is 1. The maximum Gasteiger partial charge on any atom is 0.148 e. The summed E-state index contributed by atoms with van der Waals surface area (Å²) in [7, 11) is 0. The molecule has 2 aliphatic rings. The van der Waals surface area contributed by atoms with Crippen LogP contribution >= 0.6 is 0 Å². The molecule has 0 saturated carbocycles. The fourth-order valence-corrected chi connectivity index (χ4v) is 4.13. The largest absolute Gasteiger partial charge is 0.494 e. The average molecular weight is 388 g/mol. The molecule has 0 fully saturated rings. The van der Waals surface area contributed by atoms with Gasteiger partial charge in [0.1, 0.15) is 11.6 Å². The number of hydrogen-bond donors (Lipinski definition) is 1. The smallest absolute Gasteiger partial charge is 0.148 e. The van der Waals surface area contributed by atoms with E-state index in [1.165, 1.54) is 27.6 Å². The Hall–Kier alpha value is -3.01. The van der Waals surface area contributed by atoms with Gasteiger partial charge in [-0.15, -0.1) is 0 Å². The maximum absolute atomic E-state index is 6.41. The monoisotopic (exact) mass is 387 g/mol. The van der Waals surface area contributed by atoms with E-state index in [1.54, 1.807) is 6.20 Å². The lowest BCUT2D eigenvalue weighted by Gasteiger charge is -2.35. The molecule has 150 valence electrons. The second kappa shape index (κ2) is 7.43. The first-order valence-electron chi connectivity index (χ1n) is 10.3. The van der Waals surface area contributed by atoms with E-state index in [1.807, 2.05) is 19.2 Å². The minimum Gasteiger partial charge on any atom is -0.494 e. The first-order chi connectivity index (χ1) is 13.9. The molecule has 0 radical (unpaired) electrons. The molecular formula is C25H29N3O. The van der Waals surface area contributed by atoms with Crippen LogP contribution in [0.15, 0.2) is 71.3 Å². The third kappa shape index (κ3) is 3.67. The number of fused-ring (bicyclic) bond motifs is 2. The van der Waals surface area contributed by atoms with Crippen molar-refractivity contribution in [1.82, 2.24) is 4.90 Å². The van der Waals surface area contributed by atoms with Crippen LogP contribution in [0.3, 0.4) is 0 Å². The second-order valence-corrected chi connectivity index (χ2v) is 8.54. The Morgan fingerprint density at radius 3 is 2.62 bits per heavy atom. The van der Waals surface area contributed by atoms with Crippen molar-refractivity contribution in [3.63, 3.8) is 0 Å². The molecule has 0 unspecified atom stereocenters. The van der Waals surface area contributed by atoms with Gasteiger partial charge in [0.25, 0.3) is 0 Å². The van der Waals surface area contributed by atoms with Crippen LogP contribution in [0, 0.1) is 5.41 Å². The standard InChI is InChI=1S/C25H29N3O/c1-5-29-20-12-11-17-15-19(10-9-18(17)16-20)21-7-6-8-22(25(2,3)4)28-14-13-27-24(26)23(21)28/h8-16H,5-7H2,1-4H3,(H2,26,27). The van der Waals surface area contributed by atoms with E-state index in [9.17, 15) is 0 Å². The molecule has 0 saturated heterocycles. The summed E-state index contributed by atoms with van der Waals surface area (Å²) in [5.74, 6) is 1.48. The Morgan fingerprint density at radius 2 is 1.86 bits per heavy atom. The van der Waals surface area contributed by atoms with Gasteiger partial charge in [-0.1, -0.05) is 45.0 Å². The van der Waals surface area contributed by atoms with Gasteiger partial charge in [0.2, 0.25) is 0 Å². The van der Waals surface area contributed by atoms with Crippen molar-refractivity contribution >= 4 is 22.2 Å². The van der Waals surface area contributed by atoms with Gasteiger partial charge in [-0.2, -0.15) is 0 Å². The maximum atomic E-state index is 6.41. The Morgan fingerprint density at radius 1 is 1.10 bits per heavy atom. The van der Waals surface area contributed by atoms with E-state index in [2.05, 4.69) is 67.1 Å². The van der Waals surface area contributed by atoms with Crippen LogP contribution in [0.4, 0.5) is 0 Å². The third-order valence-electron chi connectivity index (χ3n) is 5.43. The van der Waals surface area contributed by atoms with Crippen molar-refractivity contribution in [3.8, 4) is 5.75 Å². The zero-order valence-electron chi connectivity index (χ0n) is 17.7. The molecule has 0 amide bonds. The molecular weight excluding hydrogens is 358 g/mol. The summed E-state index contributed by atoms with van der Waals surface area (Å²) in [5, 5.41) is 2.37. The summed E-state index contributed by atoms with van der Waals surface area (Å²) < 4.78 is 5.64. The topological polar surface area (TPSA) is 50.9 Å². The summed E-state index contributed by atoms with van der Waals surface area (Å²) in [6, 6.07) is 12.9. The van der Waals surface area contributed by atoms with Crippen molar-refractivity contribution in [1.29, 1.82) is 0 Å². The quantitative estimate of drug-likeness (QED) is 0.722. The molecule has 0 atom stereocenters. The van der Waals surface area contributed by atoms with Crippen molar-refractivity contribution in [2.45, 2.75) is 40.5 Å². The number of aliphatic imine (C=N–C) groups is 1. The van der Waals surface area contributed by atoms with Gasteiger partial charge in [-0.3, -0.25) is 0 Å². The highest BCUT2D eigenvalue weighted by molar-refractivity contribution is 6.05. The molecule has 2 heterocycles. The molecule has 0 spiro atoms. The summed E-state index contributed by atoms with van der Waals surface area (Å²) in [4.78, 5) is 6.64. The molecule has 2 aliphatic heterocycles. The van der Waals surface area contributed by atoms with E-state index in [-0.39, 0.29) is 5.41 Å². The Balaban J connectivity index is 1.83. The van der Waals surface area contributed by atoms with Crippen LogP contribution in [-0.4, -0.2) is 17.3 Å². The van der Waals surface area contributed by atoms with E-state index in [0.717, 1.165) is 24.3 Å². The molecule has 0 aromatic heterocycles. The van der Waals surface area contributed by atoms with Gasteiger partial charge in [-0.25, -0.2) is 4.99 Å². The number of rotatable bonds is 3. The van der Waals surface area contributed by atoms with Crippen LogP contribution in [0.25, 0.3) is 16.3 Å². The van der Waals surface area contributed by atoms with Crippen molar-refractivity contribution in [2.75, 3.05) is 6.61 Å². The van der Waals surface area contributed by atoms with Gasteiger partial charge >= 0.3 is 0 Å². The molecule has 4 rings (SSSR count). The third-order valence-corrected chi connectivity index (χ3v) is 5.43. The Kier molecular flexibility index (Phi) is 4.95. The van der Waals surface area contributed by atoms with Crippen LogP contribution < -0.4 is 10.5 Å². The molecule has 4 heteroatoms. The Bertz CT molecular complexity index is 1070. The van der Waals surface area contributed by atoms with Crippen molar-refractivity contribution in [2.24, 2.45) is 16.1 Å². The summed E-state index contributed by atoms with van der Waals surface area (Å²) >= 11 is 0. The highest BCUT2D eigenvalue weighted by Crippen LogP contribution is 2.40. The summed E-state index contributed by atoms with van der Waals surface area (Å²) in [6.07, 6.45) is 8.06. The number of nitrogens with zero attached hydrogens (tertiary/aromatic N) is 2. The summed E-state index contributed by atoms with van der Waals surface area (Å²) in [5.41, 5.74) is 11.1. The SMILES string of the molecule is CCOc1ccc2cc(C3=C4C(N)=NC=CN4C(C(C)(C)C)=CCC3)ccc2c1. The van der Waals surface area contributed by atoms with Gasteiger partial charge in [-0.05, 0) is 59.9 Å². The lowest BCUT2D eigenvalue weighted by atomic mass is 9.90. The number of ether oxygens (including phenoxy) is 1. The zero-order valence-corrected chi connectivity index (χ0v) is 17.7. The number of amidine groups is 1. The number of allylic oxidation sites excluding steroid dienone is 3. The molecule has 29 heavy (non-hydrogen) atoms. The fourth-order valence-electron chi connectivity index (χ4n) is 4.13. The van der Waals surface area contributed by atoms with Crippen molar-refractivity contribution in [3.05, 3.63) is 71.8 Å². The van der Waals surface area contributed by atoms with Crippen LogP contribution in [0.2, 0.25) is 0 Å². The van der Waals surface area contributed by atoms with Gasteiger partial charge in [0.05, 0.1) is 12.3 Å². The van der Waals surface area contributed by atoms with Crippen molar-refractivity contribution < 1.29 is 4.74 Å². The first-order valence-corrected chi connectivity index (χ1v) is 10.3. The predicted octanol–water partition coefficient (Wildman–Crippen LogP) is 5.82.